The Labute approximate surface area is 114 Å². The van der Waals surface area contributed by atoms with E-state index in [0.717, 1.165) is 10.1 Å². The second-order valence-corrected chi connectivity index (χ2v) is 5.12. The van der Waals surface area contributed by atoms with Crippen molar-refractivity contribution in [3.8, 4) is 0 Å². The van der Waals surface area contributed by atoms with Crippen LogP contribution in [0.5, 0.6) is 0 Å². The number of rotatable bonds is 4. The maximum Gasteiger partial charge on any atom is 0.107 e. The predicted molar refractivity (Wildman–Crippen MR) is 74.4 cm³/mol. The van der Waals surface area contributed by atoms with Gasteiger partial charge in [-0.3, -0.25) is 0 Å². The molecule has 2 heterocycles. The Morgan fingerprint density at radius 1 is 0.778 bits per heavy atom. The Balaban J connectivity index is 0.000000357. The summed E-state index contributed by atoms with van der Waals surface area (Å²) in [5, 5.41) is 17.3. The minimum absolute atomic E-state index is 0.125. The van der Waals surface area contributed by atoms with Gasteiger partial charge in [-0.15, -0.1) is 0 Å². The summed E-state index contributed by atoms with van der Waals surface area (Å²) in [6, 6.07) is 11.8. The molecule has 0 amide bonds. The average molecular weight is 282 g/mol. The monoisotopic (exact) mass is 282 g/mol. The second-order valence-electron chi connectivity index (χ2n) is 2.95. The third-order valence-electron chi connectivity index (χ3n) is 1.59. The molecular weight excluding hydrogens is 268 g/mol. The number of pyridine rings is 2. The fourth-order valence-electron chi connectivity index (χ4n) is 0.878. The number of nitrogens with zero attached hydrogens (tertiary/aromatic N) is 2. The minimum Gasteiger partial charge on any atom is -0.394 e. The van der Waals surface area contributed by atoms with Crippen molar-refractivity contribution in [3.63, 3.8) is 0 Å². The van der Waals surface area contributed by atoms with Crippen molar-refractivity contribution in [1.82, 2.24) is 9.97 Å². The Morgan fingerprint density at radius 3 is 1.50 bits per heavy atom. The van der Waals surface area contributed by atoms with Gasteiger partial charge in [0.05, 0.1) is 13.2 Å². The van der Waals surface area contributed by atoms with E-state index in [4.69, 9.17) is 10.2 Å². The first-order valence-corrected chi connectivity index (χ1v) is 7.40. The molecule has 0 bridgehead atoms. The predicted octanol–water partition coefficient (Wildman–Crippen LogP) is 2.25. The zero-order valence-electron chi connectivity index (χ0n) is 9.64. The van der Waals surface area contributed by atoms with Crippen molar-refractivity contribution >= 4 is 21.6 Å². The smallest absolute Gasteiger partial charge is 0.107 e. The Morgan fingerprint density at radius 2 is 1.22 bits per heavy atom. The van der Waals surface area contributed by atoms with Crippen LogP contribution in [0.4, 0.5) is 0 Å². The largest absolute Gasteiger partial charge is 0.394 e. The lowest BCUT2D eigenvalue weighted by Crippen LogP contribution is -1.85. The van der Waals surface area contributed by atoms with Gasteiger partial charge in [0.2, 0.25) is 0 Å². The molecule has 4 nitrogen and oxygen atoms in total. The van der Waals surface area contributed by atoms with Crippen LogP contribution in [0, 0.1) is 0 Å². The van der Waals surface area contributed by atoms with Crippen LogP contribution in [0.2, 0.25) is 0 Å². The third kappa shape index (κ3) is 6.61. The van der Waals surface area contributed by atoms with Gasteiger partial charge in [0.25, 0.3) is 0 Å². The fourth-order valence-corrected chi connectivity index (χ4v) is 2.63. The number of aromatic nitrogens is 2. The molecule has 0 atom stereocenters. The van der Waals surface area contributed by atoms with Crippen LogP contribution < -0.4 is 0 Å². The third-order valence-corrected chi connectivity index (χ3v) is 3.77. The van der Waals surface area contributed by atoms with E-state index >= 15 is 0 Å². The maximum atomic E-state index is 7.62. The molecule has 0 spiro atoms. The molecule has 0 aromatic carbocycles. The molecule has 0 aliphatic carbocycles. The topological polar surface area (TPSA) is 66.2 Å². The van der Waals surface area contributed by atoms with Crippen molar-refractivity contribution < 1.29 is 10.2 Å². The minimum atomic E-state index is -0.125. The van der Waals surface area contributed by atoms with Crippen LogP contribution in [0.15, 0.2) is 58.8 Å². The van der Waals surface area contributed by atoms with Crippen LogP contribution in [0.3, 0.4) is 0 Å². The van der Waals surface area contributed by atoms with Gasteiger partial charge in [-0.05, 0) is 45.9 Å². The average Bonchev–Trinajstić information content (AvgIpc) is 2.47. The maximum absolute atomic E-state index is 7.62. The number of aliphatic hydroxyl groups excluding tert-OH is 2. The molecule has 96 valence electrons. The van der Waals surface area contributed by atoms with E-state index < -0.39 is 0 Å². The van der Waals surface area contributed by atoms with Gasteiger partial charge in [0.1, 0.15) is 10.1 Å². The van der Waals surface area contributed by atoms with Gasteiger partial charge in [0, 0.05) is 12.4 Å². The Bertz CT molecular complexity index is 373. The number of aliphatic hydroxyl groups is 2. The lowest BCUT2D eigenvalue weighted by Gasteiger charge is -1.97. The zero-order valence-corrected chi connectivity index (χ0v) is 11.3. The summed E-state index contributed by atoms with van der Waals surface area (Å²) in [6.07, 6.45) is 3.59. The highest BCUT2D eigenvalue weighted by Crippen LogP contribution is 2.34. The summed E-state index contributed by atoms with van der Waals surface area (Å²) < 4.78 is 0. The molecule has 0 aliphatic rings. The van der Waals surface area contributed by atoms with E-state index in [9.17, 15) is 0 Å². The molecule has 0 saturated carbocycles. The summed E-state index contributed by atoms with van der Waals surface area (Å²) in [5.41, 5.74) is 0. The molecule has 2 N–H and O–H groups in total. The number of hydrogen-bond donors (Lipinski definition) is 2. The normalized spacial score (nSPS) is 9.44. The van der Waals surface area contributed by atoms with Gasteiger partial charge in [-0.25, -0.2) is 9.97 Å². The summed E-state index contributed by atoms with van der Waals surface area (Å²) in [7, 11) is 3.23. The van der Waals surface area contributed by atoms with E-state index in [1.165, 1.54) is 0 Å². The van der Waals surface area contributed by atoms with Crippen molar-refractivity contribution in [2.45, 2.75) is 10.1 Å². The molecule has 6 heteroatoms. The highest BCUT2D eigenvalue weighted by atomic mass is 33.1. The Hall–Kier alpha value is -1.08. The lowest BCUT2D eigenvalue weighted by atomic mass is 10.5. The van der Waals surface area contributed by atoms with Crippen molar-refractivity contribution in [2.75, 3.05) is 13.2 Å². The molecule has 2 rings (SSSR count). The van der Waals surface area contributed by atoms with Crippen LogP contribution in [0.1, 0.15) is 0 Å². The number of hydrogen-bond acceptors (Lipinski definition) is 6. The van der Waals surface area contributed by atoms with Crippen molar-refractivity contribution in [2.24, 2.45) is 0 Å². The second kappa shape index (κ2) is 9.90. The highest BCUT2D eigenvalue weighted by molar-refractivity contribution is 8.76. The van der Waals surface area contributed by atoms with E-state index in [2.05, 4.69) is 9.97 Å². The quantitative estimate of drug-likeness (QED) is 0.838. The van der Waals surface area contributed by atoms with Crippen LogP contribution in [0.25, 0.3) is 0 Å². The first-order chi connectivity index (χ1) is 8.86. The molecule has 0 saturated heterocycles. The van der Waals surface area contributed by atoms with Gasteiger partial charge in [-0.2, -0.15) is 0 Å². The van der Waals surface area contributed by atoms with E-state index in [1.54, 1.807) is 34.0 Å². The van der Waals surface area contributed by atoms with Crippen molar-refractivity contribution in [3.05, 3.63) is 48.8 Å². The SMILES string of the molecule is OCCO.c1ccc(SSc2ccccn2)nc1. The summed E-state index contributed by atoms with van der Waals surface area (Å²) in [4.78, 5) is 8.42. The highest BCUT2D eigenvalue weighted by Gasteiger charge is 1.97. The lowest BCUT2D eigenvalue weighted by molar-refractivity contribution is 0.186. The van der Waals surface area contributed by atoms with Crippen LogP contribution in [-0.4, -0.2) is 33.4 Å². The van der Waals surface area contributed by atoms with Crippen LogP contribution in [-0.2, 0) is 0 Å². The van der Waals surface area contributed by atoms with Gasteiger partial charge in [0.15, 0.2) is 0 Å². The molecule has 0 fully saturated rings. The van der Waals surface area contributed by atoms with Gasteiger partial charge >= 0.3 is 0 Å². The van der Waals surface area contributed by atoms with E-state index in [1.807, 2.05) is 36.4 Å². The molecule has 2 aromatic rings. The summed E-state index contributed by atoms with van der Waals surface area (Å²) in [6.45, 7) is -0.250. The van der Waals surface area contributed by atoms with E-state index in [-0.39, 0.29) is 13.2 Å². The first-order valence-electron chi connectivity index (χ1n) is 5.25. The fraction of sp³-hybridized carbons (Fsp3) is 0.167. The van der Waals surface area contributed by atoms with E-state index in [0.29, 0.717) is 0 Å². The molecule has 2 aromatic heterocycles. The molecule has 0 radical (unpaired) electrons. The zero-order chi connectivity index (χ0) is 13.1. The summed E-state index contributed by atoms with van der Waals surface area (Å²) >= 11 is 0. The first kappa shape index (κ1) is 15.0. The van der Waals surface area contributed by atoms with Gasteiger partial charge < -0.3 is 10.2 Å². The van der Waals surface area contributed by atoms with Gasteiger partial charge in [-0.1, -0.05) is 12.1 Å². The molecule has 0 unspecified atom stereocenters. The van der Waals surface area contributed by atoms with Crippen LogP contribution >= 0.6 is 21.6 Å². The van der Waals surface area contributed by atoms with Crippen molar-refractivity contribution in [1.29, 1.82) is 0 Å². The molecule has 18 heavy (non-hydrogen) atoms. The standard InChI is InChI=1S/C10H8N2S2.C2H6O2/c1-3-7-11-9(5-1)13-14-10-6-2-4-8-12-10;3-1-2-4/h1-8H;3-4H,1-2H2. The molecular formula is C12H14N2O2S2. The Kier molecular flexibility index (Phi) is 8.24. The molecule has 0 aliphatic heterocycles. The summed E-state index contributed by atoms with van der Waals surface area (Å²) in [5.74, 6) is 0.